The number of allylic oxidation sites excluding steroid dienone is 1. The minimum atomic E-state index is -0.0839. The number of benzene rings is 1. The summed E-state index contributed by atoms with van der Waals surface area (Å²) in [5, 5.41) is 12.3. The third-order valence-corrected chi connectivity index (χ3v) is 1.76. The maximum atomic E-state index is 7.07. The Hall–Kier alpha value is -2.10. The maximum Gasteiger partial charge on any atom is 0.208 e. The van der Waals surface area contributed by atoms with E-state index in [2.05, 4.69) is 5.10 Å². The van der Waals surface area contributed by atoms with Gasteiger partial charge in [0.2, 0.25) is 5.96 Å². The molecule has 1 aromatic rings. The van der Waals surface area contributed by atoms with Gasteiger partial charge in [-0.1, -0.05) is 36.4 Å². The Balaban J connectivity index is 2.50. The van der Waals surface area contributed by atoms with Gasteiger partial charge in [0.1, 0.15) is 0 Å². The number of hydrazone groups is 1. The summed E-state index contributed by atoms with van der Waals surface area (Å²) in [5.41, 5.74) is 6.31. The van der Waals surface area contributed by atoms with E-state index in [4.69, 9.17) is 11.1 Å². The van der Waals surface area contributed by atoms with Crippen molar-refractivity contribution in [2.75, 3.05) is 7.05 Å². The summed E-state index contributed by atoms with van der Waals surface area (Å²) in [7, 11) is 1.62. The standard InChI is InChI=1S/C11H14N4/c1-15(11(12)13)14-9-5-8-10-6-3-2-4-7-10/h2-9H,1H3,(H3,12,13). The smallest absolute Gasteiger partial charge is 0.208 e. The lowest BCUT2D eigenvalue weighted by atomic mass is 10.2. The van der Waals surface area contributed by atoms with Crippen molar-refractivity contribution in [1.82, 2.24) is 5.01 Å². The number of hydrogen-bond acceptors (Lipinski definition) is 2. The number of guanidine groups is 1. The Morgan fingerprint density at radius 3 is 2.67 bits per heavy atom. The molecule has 0 saturated carbocycles. The first-order valence-electron chi connectivity index (χ1n) is 4.53. The van der Waals surface area contributed by atoms with Crippen LogP contribution in [-0.4, -0.2) is 24.2 Å². The van der Waals surface area contributed by atoms with Crippen LogP contribution >= 0.6 is 0 Å². The van der Waals surface area contributed by atoms with E-state index >= 15 is 0 Å². The van der Waals surface area contributed by atoms with E-state index in [-0.39, 0.29) is 5.96 Å². The molecule has 0 heterocycles. The minimum absolute atomic E-state index is 0.0839. The van der Waals surface area contributed by atoms with E-state index in [9.17, 15) is 0 Å². The van der Waals surface area contributed by atoms with Crippen LogP contribution in [0.2, 0.25) is 0 Å². The average molecular weight is 202 g/mol. The molecule has 0 saturated heterocycles. The van der Waals surface area contributed by atoms with Gasteiger partial charge in [-0.05, 0) is 11.6 Å². The quantitative estimate of drug-likeness (QED) is 0.443. The largest absolute Gasteiger partial charge is 0.369 e. The highest BCUT2D eigenvalue weighted by molar-refractivity contribution is 5.80. The Labute approximate surface area is 89.2 Å². The second-order valence-electron chi connectivity index (χ2n) is 2.94. The summed E-state index contributed by atoms with van der Waals surface area (Å²) < 4.78 is 0. The van der Waals surface area contributed by atoms with Crippen LogP contribution in [0, 0.1) is 5.41 Å². The zero-order valence-corrected chi connectivity index (χ0v) is 8.59. The molecule has 0 amide bonds. The third-order valence-electron chi connectivity index (χ3n) is 1.76. The SMILES string of the molecule is CN(N=CC=Cc1ccccc1)C(=N)N. The van der Waals surface area contributed by atoms with Crippen LogP contribution < -0.4 is 5.73 Å². The number of nitrogens with one attached hydrogen (secondary N) is 1. The lowest BCUT2D eigenvalue weighted by molar-refractivity contribution is 0.537. The van der Waals surface area contributed by atoms with Crippen molar-refractivity contribution in [3.05, 3.63) is 42.0 Å². The van der Waals surface area contributed by atoms with Gasteiger partial charge in [-0.3, -0.25) is 5.41 Å². The van der Waals surface area contributed by atoms with Crippen LogP contribution in [0.3, 0.4) is 0 Å². The molecule has 3 N–H and O–H groups in total. The molecule has 0 fully saturated rings. The highest BCUT2D eigenvalue weighted by Gasteiger charge is 1.90. The predicted octanol–water partition coefficient (Wildman–Crippen LogP) is 1.51. The van der Waals surface area contributed by atoms with E-state index in [0.717, 1.165) is 5.56 Å². The fourth-order valence-corrected chi connectivity index (χ4v) is 0.919. The van der Waals surface area contributed by atoms with Crippen molar-refractivity contribution in [3.63, 3.8) is 0 Å². The first-order valence-corrected chi connectivity index (χ1v) is 4.53. The zero-order valence-electron chi connectivity index (χ0n) is 8.59. The molecule has 1 aromatic carbocycles. The fraction of sp³-hybridized carbons (Fsp3) is 0.0909. The van der Waals surface area contributed by atoms with E-state index in [1.54, 1.807) is 19.3 Å². The van der Waals surface area contributed by atoms with Gasteiger partial charge in [0.05, 0.1) is 0 Å². The Kier molecular flexibility index (Phi) is 4.09. The van der Waals surface area contributed by atoms with Crippen molar-refractivity contribution < 1.29 is 0 Å². The molecular weight excluding hydrogens is 188 g/mol. The van der Waals surface area contributed by atoms with Gasteiger partial charge in [0.15, 0.2) is 0 Å². The molecule has 4 nitrogen and oxygen atoms in total. The number of rotatable bonds is 3. The fourth-order valence-electron chi connectivity index (χ4n) is 0.919. The van der Waals surface area contributed by atoms with Crippen molar-refractivity contribution in [2.45, 2.75) is 0 Å². The molecule has 1 rings (SSSR count). The highest BCUT2D eigenvalue weighted by atomic mass is 15.5. The zero-order chi connectivity index (χ0) is 11.1. The van der Waals surface area contributed by atoms with Crippen LogP contribution in [0.5, 0.6) is 0 Å². The van der Waals surface area contributed by atoms with Crippen LogP contribution in [0.1, 0.15) is 5.56 Å². The topological polar surface area (TPSA) is 65.5 Å². The second kappa shape index (κ2) is 5.59. The molecule has 0 unspecified atom stereocenters. The van der Waals surface area contributed by atoms with E-state index in [0.29, 0.717) is 0 Å². The molecule has 0 aliphatic heterocycles. The molecule has 0 bridgehead atoms. The molecule has 4 heteroatoms. The molecule has 78 valence electrons. The maximum absolute atomic E-state index is 7.07. The first kappa shape index (κ1) is 11.0. The van der Waals surface area contributed by atoms with Crippen LogP contribution in [0.15, 0.2) is 41.5 Å². The predicted molar refractivity (Wildman–Crippen MR) is 63.6 cm³/mol. The van der Waals surface area contributed by atoms with Crippen molar-refractivity contribution in [1.29, 1.82) is 5.41 Å². The average Bonchev–Trinajstić information content (AvgIpc) is 2.25. The van der Waals surface area contributed by atoms with Gasteiger partial charge in [-0.2, -0.15) is 5.10 Å². The lowest BCUT2D eigenvalue weighted by Crippen LogP contribution is -2.28. The van der Waals surface area contributed by atoms with Gasteiger partial charge in [0, 0.05) is 13.3 Å². The molecule has 0 radical (unpaired) electrons. The van der Waals surface area contributed by atoms with Gasteiger partial charge in [-0.25, -0.2) is 5.01 Å². The highest BCUT2D eigenvalue weighted by Crippen LogP contribution is 1.99. The molecule has 0 aliphatic rings. The molecular formula is C11H14N4. The summed E-state index contributed by atoms with van der Waals surface area (Å²) in [5.74, 6) is -0.0839. The molecule has 0 atom stereocenters. The Morgan fingerprint density at radius 2 is 2.07 bits per heavy atom. The Bertz CT molecular complexity index is 367. The second-order valence-corrected chi connectivity index (χ2v) is 2.94. The van der Waals surface area contributed by atoms with Crippen LogP contribution in [0.4, 0.5) is 0 Å². The number of nitrogens with two attached hydrogens (primary N) is 1. The summed E-state index contributed by atoms with van der Waals surface area (Å²) in [6.45, 7) is 0. The Morgan fingerprint density at radius 1 is 1.40 bits per heavy atom. The summed E-state index contributed by atoms with van der Waals surface area (Å²) >= 11 is 0. The van der Waals surface area contributed by atoms with Crippen LogP contribution in [-0.2, 0) is 0 Å². The van der Waals surface area contributed by atoms with Crippen molar-refractivity contribution >= 4 is 18.3 Å². The summed E-state index contributed by atoms with van der Waals surface area (Å²) in [4.78, 5) is 0. The summed E-state index contributed by atoms with van der Waals surface area (Å²) in [6, 6.07) is 9.91. The van der Waals surface area contributed by atoms with Crippen LogP contribution in [0.25, 0.3) is 6.08 Å². The van der Waals surface area contributed by atoms with E-state index in [1.165, 1.54) is 5.01 Å². The first-order chi connectivity index (χ1) is 7.20. The van der Waals surface area contributed by atoms with Gasteiger partial charge >= 0.3 is 0 Å². The van der Waals surface area contributed by atoms with E-state index < -0.39 is 0 Å². The molecule has 0 spiro atoms. The summed E-state index contributed by atoms with van der Waals surface area (Å²) in [6.07, 6.45) is 5.32. The van der Waals surface area contributed by atoms with Gasteiger partial charge < -0.3 is 5.73 Å². The van der Waals surface area contributed by atoms with Gasteiger partial charge in [0.25, 0.3) is 0 Å². The van der Waals surface area contributed by atoms with Crippen molar-refractivity contribution in [2.24, 2.45) is 10.8 Å². The molecule has 15 heavy (non-hydrogen) atoms. The van der Waals surface area contributed by atoms with Crippen molar-refractivity contribution in [3.8, 4) is 0 Å². The third kappa shape index (κ3) is 4.08. The number of nitrogens with zero attached hydrogens (tertiary/aromatic N) is 2. The lowest BCUT2D eigenvalue weighted by Gasteiger charge is -2.07. The monoisotopic (exact) mass is 202 g/mol. The van der Waals surface area contributed by atoms with Gasteiger partial charge in [-0.15, -0.1) is 0 Å². The minimum Gasteiger partial charge on any atom is -0.369 e. The number of hydrogen-bond donors (Lipinski definition) is 2. The van der Waals surface area contributed by atoms with E-state index in [1.807, 2.05) is 36.4 Å². The normalized spacial score (nSPS) is 11.0. The molecule has 0 aliphatic carbocycles. The molecule has 0 aromatic heterocycles.